The Hall–Kier alpha value is -0.570. The Labute approximate surface area is 115 Å². The molecule has 3 heteroatoms. The van der Waals surface area contributed by atoms with Crippen LogP contribution in [0.2, 0.25) is 5.02 Å². The molecule has 0 radical (unpaired) electrons. The van der Waals surface area contributed by atoms with Crippen molar-refractivity contribution in [2.75, 3.05) is 13.7 Å². The lowest BCUT2D eigenvalue weighted by Gasteiger charge is -2.38. The van der Waals surface area contributed by atoms with E-state index in [2.05, 4.69) is 31.3 Å². The van der Waals surface area contributed by atoms with Crippen molar-refractivity contribution in [3.63, 3.8) is 0 Å². The Morgan fingerprint density at radius 3 is 2.72 bits per heavy atom. The smallest absolute Gasteiger partial charge is 0.0746 e. The second-order valence-electron chi connectivity index (χ2n) is 5.76. The maximum absolute atomic E-state index is 6.01. The summed E-state index contributed by atoms with van der Waals surface area (Å²) < 4.78 is 5.40. The number of nitrogens with one attached hydrogen (secondary N) is 1. The third-order valence-corrected chi connectivity index (χ3v) is 4.06. The third-order valence-electron chi connectivity index (χ3n) is 3.83. The average Bonchev–Trinajstić information content (AvgIpc) is 2.27. The van der Waals surface area contributed by atoms with Crippen LogP contribution in [-0.4, -0.2) is 25.3 Å². The molecular weight excluding hydrogens is 246 g/mol. The van der Waals surface area contributed by atoms with E-state index >= 15 is 0 Å². The zero-order chi connectivity index (χ0) is 13.2. The summed E-state index contributed by atoms with van der Waals surface area (Å²) in [5.41, 5.74) is 1.28. The van der Waals surface area contributed by atoms with Gasteiger partial charge in [0.05, 0.1) is 5.60 Å². The van der Waals surface area contributed by atoms with Crippen molar-refractivity contribution in [2.24, 2.45) is 0 Å². The van der Waals surface area contributed by atoms with Crippen LogP contribution in [0.15, 0.2) is 24.3 Å². The van der Waals surface area contributed by atoms with Gasteiger partial charge in [-0.2, -0.15) is 0 Å². The van der Waals surface area contributed by atoms with Gasteiger partial charge >= 0.3 is 0 Å². The molecule has 100 valence electrons. The predicted molar refractivity (Wildman–Crippen MR) is 76.3 cm³/mol. The summed E-state index contributed by atoms with van der Waals surface area (Å²) in [5.74, 6) is 0.659. The number of rotatable bonds is 5. The summed E-state index contributed by atoms with van der Waals surface area (Å²) in [4.78, 5) is 0. The van der Waals surface area contributed by atoms with Gasteiger partial charge in [0.25, 0.3) is 0 Å². The Morgan fingerprint density at radius 1 is 1.39 bits per heavy atom. The summed E-state index contributed by atoms with van der Waals surface area (Å²) >= 11 is 6.01. The van der Waals surface area contributed by atoms with Crippen LogP contribution < -0.4 is 5.32 Å². The zero-order valence-electron chi connectivity index (χ0n) is 11.4. The topological polar surface area (TPSA) is 21.3 Å². The molecule has 2 rings (SSSR count). The van der Waals surface area contributed by atoms with Crippen LogP contribution >= 0.6 is 11.6 Å². The second-order valence-corrected chi connectivity index (χ2v) is 6.20. The summed E-state index contributed by atoms with van der Waals surface area (Å²) in [6.07, 6.45) is 2.39. The number of hydrogen-bond acceptors (Lipinski definition) is 2. The third kappa shape index (κ3) is 3.47. The van der Waals surface area contributed by atoms with Crippen LogP contribution in [0, 0.1) is 0 Å². The minimum absolute atomic E-state index is 0.0822. The Kier molecular flexibility index (Phi) is 4.31. The lowest BCUT2D eigenvalue weighted by Crippen LogP contribution is -2.46. The first kappa shape index (κ1) is 13.9. The summed E-state index contributed by atoms with van der Waals surface area (Å²) in [7, 11) is 1.76. The van der Waals surface area contributed by atoms with Gasteiger partial charge in [-0.1, -0.05) is 23.7 Å². The minimum atomic E-state index is -0.0822. The highest BCUT2D eigenvalue weighted by Crippen LogP contribution is 2.37. The predicted octanol–water partition coefficient (Wildman–Crippen LogP) is 3.60. The fraction of sp³-hybridized carbons (Fsp3) is 0.600. The van der Waals surface area contributed by atoms with Crippen LogP contribution in [0.3, 0.4) is 0 Å². The lowest BCUT2D eigenvalue weighted by atomic mass is 9.76. The van der Waals surface area contributed by atoms with Crippen LogP contribution in [0.5, 0.6) is 0 Å². The average molecular weight is 268 g/mol. The molecule has 1 N–H and O–H groups in total. The number of ether oxygens (including phenoxy) is 1. The summed E-state index contributed by atoms with van der Waals surface area (Å²) in [6.45, 7) is 5.11. The van der Waals surface area contributed by atoms with E-state index in [1.54, 1.807) is 7.11 Å². The summed E-state index contributed by atoms with van der Waals surface area (Å²) in [6, 6.07) is 8.84. The molecule has 1 aliphatic rings. The van der Waals surface area contributed by atoms with Gasteiger partial charge in [-0.3, -0.25) is 0 Å². The first-order chi connectivity index (χ1) is 8.50. The lowest BCUT2D eigenvalue weighted by molar-refractivity contribution is 0.0180. The number of methoxy groups -OCH3 is 1. The Bertz CT molecular complexity index is 399. The first-order valence-corrected chi connectivity index (χ1v) is 6.92. The van der Waals surface area contributed by atoms with Crippen LogP contribution in [-0.2, 0) is 4.74 Å². The monoisotopic (exact) mass is 267 g/mol. The number of halogens is 1. The molecule has 0 aliphatic heterocycles. The van der Waals surface area contributed by atoms with Gasteiger partial charge in [0, 0.05) is 24.7 Å². The molecule has 1 aliphatic carbocycles. The molecule has 2 nitrogen and oxygen atoms in total. The molecule has 0 unspecified atom stereocenters. The molecule has 0 atom stereocenters. The first-order valence-electron chi connectivity index (χ1n) is 6.54. The van der Waals surface area contributed by atoms with Crippen molar-refractivity contribution in [3.8, 4) is 0 Å². The van der Waals surface area contributed by atoms with E-state index in [0.717, 1.165) is 11.6 Å². The number of benzene rings is 1. The molecule has 0 amide bonds. The molecule has 1 aromatic carbocycles. The molecule has 1 saturated carbocycles. The molecule has 18 heavy (non-hydrogen) atoms. The quantitative estimate of drug-likeness (QED) is 0.880. The largest absolute Gasteiger partial charge is 0.377 e. The van der Waals surface area contributed by atoms with Crippen molar-refractivity contribution in [2.45, 2.75) is 44.2 Å². The SMILES string of the molecule is COC(C)(C)CNC1CC(c2cccc(Cl)c2)C1. The minimum Gasteiger partial charge on any atom is -0.377 e. The van der Waals surface area contributed by atoms with E-state index in [1.165, 1.54) is 18.4 Å². The van der Waals surface area contributed by atoms with Crippen molar-refractivity contribution in [1.29, 1.82) is 0 Å². The van der Waals surface area contributed by atoms with E-state index in [9.17, 15) is 0 Å². The highest BCUT2D eigenvalue weighted by Gasteiger charge is 2.31. The van der Waals surface area contributed by atoms with Crippen LogP contribution in [0.1, 0.15) is 38.2 Å². The maximum Gasteiger partial charge on any atom is 0.0746 e. The van der Waals surface area contributed by atoms with Gasteiger partial charge in [-0.25, -0.2) is 0 Å². The van der Waals surface area contributed by atoms with Crippen molar-refractivity contribution >= 4 is 11.6 Å². The van der Waals surface area contributed by atoms with Crippen molar-refractivity contribution in [1.82, 2.24) is 5.32 Å². The fourth-order valence-electron chi connectivity index (χ4n) is 2.28. The van der Waals surface area contributed by atoms with Crippen molar-refractivity contribution < 1.29 is 4.74 Å². The fourth-order valence-corrected chi connectivity index (χ4v) is 2.48. The van der Waals surface area contributed by atoms with Gasteiger partial charge in [-0.15, -0.1) is 0 Å². The summed E-state index contributed by atoms with van der Waals surface area (Å²) in [5, 5.41) is 4.40. The highest BCUT2D eigenvalue weighted by molar-refractivity contribution is 6.30. The molecular formula is C15H22ClNO. The van der Waals surface area contributed by atoms with E-state index in [0.29, 0.717) is 12.0 Å². The normalized spacial score (nSPS) is 23.8. The van der Waals surface area contributed by atoms with Crippen LogP contribution in [0.25, 0.3) is 0 Å². The molecule has 1 aromatic rings. The molecule has 0 saturated heterocycles. The second kappa shape index (κ2) is 5.60. The van der Waals surface area contributed by atoms with E-state index in [1.807, 2.05) is 12.1 Å². The molecule has 0 heterocycles. The molecule has 0 aromatic heterocycles. The van der Waals surface area contributed by atoms with E-state index in [4.69, 9.17) is 16.3 Å². The molecule has 0 spiro atoms. The van der Waals surface area contributed by atoms with Gasteiger partial charge in [-0.05, 0) is 50.3 Å². The Morgan fingerprint density at radius 2 is 2.11 bits per heavy atom. The maximum atomic E-state index is 6.01. The van der Waals surface area contributed by atoms with Gasteiger partial charge in [0.1, 0.15) is 0 Å². The van der Waals surface area contributed by atoms with Gasteiger partial charge in [0.2, 0.25) is 0 Å². The van der Waals surface area contributed by atoms with Gasteiger partial charge < -0.3 is 10.1 Å². The van der Waals surface area contributed by atoms with E-state index in [-0.39, 0.29) is 5.60 Å². The molecule has 1 fully saturated rings. The van der Waals surface area contributed by atoms with Crippen molar-refractivity contribution in [3.05, 3.63) is 34.9 Å². The van der Waals surface area contributed by atoms with Gasteiger partial charge in [0.15, 0.2) is 0 Å². The standard InChI is InChI=1S/C15H22ClNO/c1-15(2,18-3)10-17-14-8-12(9-14)11-5-4-6-13(16)7-11/h4-7,12,14,17H,8-10H2,1-3H3. The Balaban J connectivity index is 1.77. The van der Waals surface area contributed by atoms with E-state index < -0.39 is 0 Å². The number of hydrogen-bond donors (Lipinski definition) is 1. The van der Waals surface area contributed by atoms with Crippen LogP contribution in [0.4, 0.5) is 0 Å². The zero-order valence-corrected chi connectivity index (χ0v) is 12.1. The molecule has 0 bridgehead atoms. The highest BCUT2D eigenvalue weighted by atomic mass is 35.5.